The van der Waals surface area contributed by atoms with Gasteiger partial charge in [-0.2, -0.15) is 0 Å². The van der Waals surface area contributed by atoms with Crippen LogP contribution in [0.1, 0.15) is 18.1 Å². The van der Waals surface area contributed by atoms with E-state index in [0.29, 0.717) is 13.2 Å². The molecule has 1 aromatic rings. The molecule has 1 aromatic carbocycles. The first-order valence-electron chi connectivity index (χ1n) is 5.23. The number of amides is 1. The lowest BCUT2D eigenvalue weighted by Crippen LogP contribution is -2.37. The fraction of sp³-hybridized carbons (Fsp3) is 0.417. The smallest absolute Gasteiger partial charge is 0.236 e. The molecule has 0 bridgehead atoms. The van der Waals surface area contributed by atoms with Gasteiger partial charge in [0.05, 0.1) is 12.6 Å². The number of carbonyl (C=O) groups is 1. The van der Waals surface area contributed by atoms with Crippen LogP contribution in [0.5, 0.6) is 0 Å². The summed E-state index contributed by atoms with van der Waals surface area (Å²) < 4.78 is 5.04. The van der Waals surface area contributed by atoms with Crippen LogP contribution in [0, 0.1) is 0 Å². The van der Waals surface area contributed by atoms with Crippen LogP contribution in [0.2, 0.25) is 0 Å². The molecule has 0 fully saturated rings. The van der Waals surface area contributed by atoms with Crippen LogP contribution in [0.3, 0.4) is 0 Å². The average Bonchev–Trinajstić information content (AvgIpc) is 2.26. The number of hydrogen-bond donors (Lipinski definition) is 2. The Morgan fingerprint density at radius 2 is 2.19 bits per heavy atom. The zero-order valence-corrected chi connectivity index (χ0v) is 9.69. The van der Waals surface area contributed by atoms with Crippen LogP contribution in [-0.4, -0.2) is 19.1 Å². The number of ether oxygens (including phenoxy) is 1. The maximum atomic E-state index is 11.3. The summed E-state index contributed by atoms with van der Waals surface area (Å²) >= 11 is 0. The van der Waals surface area contributed by atoms with E-state index < -0.39 is 6.04 Å². The summed E-state index contributed by atoms with van der Waals surface area (Å²) in [5.74, 6) is -0.142. The number of benzene rings is 1. The highest BCUT2D eigenvalue weighted by molar-refractivity contribution is 5.80. The molecule has 0 radical (unpaired) electrons. The monoisotopic (exact) mass is 222 g/mol. The van der Waals surface area contributed by atoms with Crippen molar-refractivity contribution in [2.24, 2.45) is 5.73 Å². The SMILES string of the molecule is COCc1cccc(CNC(=O)[C@@H](C)N)c1. The van der Waals surface area contributed by atoms with Gasteiger partial charge in [0.1, 0.15) is 0 Å². The molecule has 0 aliphatic heterocycles. The van der Waals surface area contributed by atoms with E-state index in [4.69, 9.17) is 10.5 Å². The molecule has 0 heterocycles. The van der Waals surface area contributed by atoms with Crippen LogP contribution in [0.15, 0.2) is 24.3 Å². The molecule has 1 atom stereocenters. The van der Waals surface area contributed by atoms with Gasteiger partial charge in [-0.05, 0) is 18.1 Å². The van der Waals surface area contributed by atoms with Crippen molar-refractivity contribution in [1.82, 2.24) is 5.32 Å². The highest BCUT2D eigenvalue weighted by Crippen LogP contribution is 2.06. The highest BCUT2D eigenvalue weighted by atomic mass is 16.5. The van der Waals surface area contributed by atoms with Crippen molar-refractivity contribution in [2.45, 2.75) is 26.1 Å². The Balaban J connectivity index is 2.53. The molecule has 0 aliphatic carbocycles. The molecule has 16 heavy (non-hydrogen) atoms. The highest BCUT2D eigenvalue weighted by Gasteiger charge is 2.06. The molecule has 4 nitrogen and oxygen atoms in total. The van der Waals surface area contributed by atoms with Gasteiger partial charge in [-0.25, -0.2) is 0 Å². The standard InChI is InChI=1S/C12H18N2O2/c1-9(13)12(15)14-7-10-4-3-5-11(6-10)8-16-2/h3-6,9H,7-8,13H2,1-2H3,(H,14,15)/t9-/m1/s1. The molecule has 4 heteroatoms. The largest absolute Gasteiger partial charge is 0.380 e. The van der Waals surface area contributed by atoms with E-state index in [9.17, 15) is 4.79 Å². The number of carbonyl (C=O) groups excluding carboxylic acids is 1. The molecule has 0 saturated carbocycles. The first-order valence-corrected chi connectivity index (χ1v) is 5.23. The van der Waals surface area contributed by atoms with Crippen molar-refractivity contribution in [1.29, 1.82) is 0 Å². The third-order valence-electron chi connectivity index (χ3n) is 2.18. The molecule has 0 spiro atoms. The van der Waals surface area contributed by atoms with Gasteiger partial charge in [-0.15, -0.1) is 0 Å². The molecule has 0 saturated heterocycles. The topological polar surface area (TPSA) is 64.3 Å². The summed E-state index contributed by atoms with van der Waals surface area (Å²) in [6.45, 7) is 2.74. The lowest BCUT2D eigenvalue weighted by atomic mass is 10.1. The van der Waals surface area contributed by atoms with Gasteiger partial charge in [0, 0.05) is 13.7 Å². The number of hydrogen-bond acceptors (Lipinski definition) is 3. The summed E-state index contributed by atoms with van der Waals surface area (Å²) in [5.41, 5.74) is 7.58. The van der Waals surface area contributed by atoms with Crippen molar-refractivity contribution in [2.75, 3.05) is 7.11 Å². The molecule has 88 valence electrons. The third kappa shape index (κ3) is 4.00. The van der Waals surface area contributed by atoms with E-state index in [1.165, 1.54) is 0 Å². The van der Waals surface area contributed by atoms with E-state index in [0.717, 1.165) is 11.1 Å². The second-order valence-corrected chi connectivity index (χ2v) is 3.76. The zero-order valence-electron chi connectivity index (χ0n) is 9.69. The Bertz CT molecular complexity index is 351. The van der Waals surface area contributed by atoms with Gasteiger partial charge in [-0.3, -0.25) is 4.79 Å². The lowest BCUT2D eigenvalue weighted by Gasteiger charge is -2.08. The number of rotatable bonds is 5. The van der Waals surface area contributed by atoms with Crippen molar-refractivity contribution in [3.05, 3.63) is 35.4 Å². The maximum absolute atomic E-state index is 11.3. The molecule has 0 aromatic heterocycles. The predicted molar refractivity (Wildman–Crippen MR) is 62.7 cm³/mol. The summed E-state index contributed by atoms with van der Waals surface area (Å²) in [6, 6.07) is 7.43. The Kier molecular flexibility index (Phi) is 4.95. The maximum Gasteiger partial charge on any atom is 0.236 e. The molecule has 1 rings (SSSR count). The minimum absolute atomic E-state index is 0.142. The fourth-order valence-corrected chi connectivity index (χ4v) is 1.35. The second kappa shape index (κ2) is 6.25. The van der Waals surface area contributed by atoms with Crippen LogP contribution in [-0.2, 0) is 22.7 Å². The molecular formula is C12H18N2O2. The number of nitrogens with one attached hydrogen (secondary N) is 1. The van der Waals surface area contributed by atoms with E-state index in [-0.39, 0.29) is 5.91 Å². The van der Waals surface area contributed by atoms with Gasteiger partial charge in [0.15, 0.2) is 0 Å². The van der Waals surface area contributed by atoms with E-state index >= 15 is 0 Å². The van der Waals surface area contributed by atoms with Crippen molar-refractivity contribution in [3.8, 4) is 0 Å². The molecule has 3 N–H and O–H groups in total. The van der Waals surface area contributed by atoms with Gasteiger partial charge in [0.2, 0.25) is 5.91 Å². The van der Waals surface area contributed by atoms with Crippen LogP contribution in [0.4, 0.5) is 0 Å². The minimum Gasteiger partial charge on any atom is -0.380 e. The quantitative estimate of drug-likeness (QED) is 0.774. The van der Waals surface area contributed by atoms with E-state index in [1.54, 1.807) is 14.0 Å². The predicted octanol–water partition coefficient (Wildman–Crippen LogP) is 0.796. The Hall–Kier alpha value is -1.39. The minimum atomic E-state index is -0.470. The second-order valence-electron chi connectivity index (χ2n) is 3.76. The van der Waals surface area contributed by atoms with Crippen LogP contribution < -0.4 is 11.1 Å². The first kappa shape index (κ1) is 12.7. The molecular weight excluding hydrogens is 204 g/mol. The zero-order chi connectivity index (χ0) is 12.0. The Labute approximate surface area is 95.8 Å². The summed E-state index contributed by atoms with van der Waals surface area (Å²) in [6.07, 6.45) is 0. The van der Waals surface area contributed by atoms with E-state index in [2.05, 4.69) is 5.32 Å². The van der Waals surface area contributed by atoms with Crippen LogP contribution >= 0.6 is 0 Å². The molecule has 1 amide bonds. The Morgan fingerprint density at radius 1 is 1.50 bits per heavy atom. The number of nitrogens with two attached hydrogens (primary N) is 1. The average molecular weight is 222 g/mol. The van der Waals surface area contributed by atoms with Crippen molar-refractivity contribution in [3.63, 3.8) is 0 Å². The van der Waals surface area contributed by atoms with E-state index in [1.807, 2.05) is 24.3 Å². The van der Waals surface area contributed by atoms with Gasteiger partial charge in [0.25, 0.3) is 0 Å². The Morgan fingerprint density at radius 3 is 2.81 bits per heavy atom. The summed E-state index contributed by atoms with van der Waals surface area (Å²) in [5, 5.41) is 2.76. The van der Waals surface area contributed by atoms with Crippen molar-refractivity contribution < 1.29 is 9.53 Å². The van der Waals surface area contributed by atoms with Crippen molar-refractivity contribution >= 4 is 5.91 Å². The van der Waals surface area contributed by atoms with Gasteiger partial charge >= 0.3 is 0 Å². The van der Waals surface area contributed by atoms with Gasteiger partial charge < -0.3 is 15.8 Å². The lowest BCUT2D eigenvalue weighted by molar-refractivity contribution is -0.122. The normalized spacial score (nSPS) is 12.2. The summed E-state index contributed by atoms with van der Waals surface area (Å²) in [7, 11) is 1.66. The summed E-state index contributed by atoms with van der Waals surface area (Å²) in [4.78, 5) is 11.3. The molecule has 0 unspecified atom stereocenters. The van der Waals surface area contributed by atoms with Crippen LogP contribution in [0.25, 0.3) is 0 Å². The molecule has 0 aliphatic rings. The number of methoxy groups -OCH3 is 1. The third-order valence-corrected chi connectivity index (χ3v) is 2.18. The fourth-order valence-electron chi connectivity index (χ4n) is 1.35. The van der Waals surface area contributed by atoms with Gasteiger partial charge in [-0.1, -0.05) is 24.3 Å². The first-order chi connectivity index (χ1) is 7.63.